The lowest BCUT2D eigenvalue weighted by molar-refractivity contribution is 0.0741. The van der Waals surface area contributed by atoms with Gasteiger partial charge in [-0.05, 0) is 48.9 Å². The Kier molecular flexibility index (Phi) is 5.42. The molecule has 3 aromatic rings. The van der Waals surface area contributed by atoms with Gasteiger partial charge in [0.2, 0.25) is 0 Å². The Morgan fingerprint density at radius 1 is 1.00 bits per heavy atom. The summed E-state index contributed by atoms with van der Waals surface area (Å²) in [6, 6.07) is 18.3. The van der Waals surface area contributed by atoms with Crippen molar-refractivity contribution in [1.82, 2.24) is 9.88 Å². The predicted molar refractivity (Wildman–Crippen MR) is 113 cm³/mol. The molecular formula is C23H23FN4O. The number of hydrogen-bond donors (Lipinski definition) is 1. The number of rotatable bonds is 4. The van der Waals surface area contributed by atoms with E-state index < -0.39 is 0 Å². The zero-order valence-corrected chi connectivity index (χ0v) is 16.3. The number of carbonyl (C=O) groups excluding carboxylic acids is 1. The summed E-state index contributed by atoms with van der Waals surface area (Å²) in [5, 5.41) is 2.98. The fourth-order valence-electron chi connectivity index (χ4n) is 3.47. The SMILES string of the molecule is Cc1cccc(N2CCN(C(=O)c3ccc(Nc4ccccc4F)cn3)CC2)c1. The highest BCUT2D eigenvalue weighted by Gasteiger charge is 2.23. The van der Waals surface area contributed by atoms with Crippen LogP contribution in [0.1, 0.15) is 16.1 Å². The summed E-state index contributed by atoms with van der Waals surface area (Å²) in [5.41, 5.74) is 3.83. The Bertz CT molecular complexity index is 998. The fraction of sp³-hybridized carbons (Fsp3) is 0.217. The molecule has 0 aliphatic carbocycles. The molecule has 0 radical (unpaired) electrons. The first-order valence-electron chi connectivity index (χ1n) is 9.69. The molecule has 1 aliphatic rings. The number of benzene rings is 2. The van der Waals surface area contributed by atoms with Gasteiger partial charge in [-0.1, -0.05) is 24.3 Å². The summed E-state index contributed by atoms with van der Waals surface area (Å²) in [4.78, 5) is 21.2. The maximum Gasteiger partial charge on any atom is 0.272 e. The molecule has 2 aromatic carbocycles. The van der Waals surface area contributed by atoms with Crippen molar-refractivity contribution in [3.8, 4) is 0 Å². The number of hydrogen-bond acceptors (Lipinski definition) is 4. The summed E-state index contributed by atoms with van der Waals surface area (Å²) >= 11 is 0. The van der Waals surface area contributed by atoms with Crippen molar-refractivity contribution in [2.24, 2.45) is 0 Å². The fourth-order valence-corrected chi connectivity index (χ4v) is 3.47. The van der Waals surface area contributed by atoms with Crippen LogP contribution < -0.4 is 10.2 Å². The van der Waals surface area contributed by atoms with Crippen LogP contribution in [0, 0.1) is 12.7 Å². The maximum absolute atomic E-state index is 13.8. The molecule has 5 nitrogen and oxygen atoms in total. The smallest absolute Gasteiger partial charge is 0.272 e. The monoisotopic (exact) mass is 390 g/mol. The number of piperazine rings is 1. The number of halogens is 1. The molecule has 148 valence electrons. The van der Waals surface area contributed by atoms with Gasteiger partial charge in [0, 0.05) is 31.9 Å². The molecule has 1 saturated heterocycles. The van der Waals surface area contributed by atoms with Crippen molar-refractivity contribution in [3.05, 3.63) is 83.9 Å². The van der Waals surface area contributed by atoms with Gasteiger partial charge < -0.3 is 15.1 Å². The molecule has 6 heteroatoms. The highest BCUT2D eigenvalue weighted by Crippen LogP contribution is 2.21. The molecule has 1 amide bonds. The van der Waals surface area contributed by atoms with E-state index in [1.165, 1.54) is 17.3 Å². The summed E-state index contributed by atoms with van der Waals surface area (Å²) in [5.74, 6) is -0.412. The minimum atomic E-state index is -0.334. The van der Waals surface area contributed by atoms with Crippen LogP contribution in [-0.2, 0) is 0 Å². The van der Waals surface area contributed by atoms with Gasteiger partial charge in [-0.2, -0.15) is 0 Å². The largest absolute Gasteiger partial charge is 0.368 e. The van der Waals surface area contributed by atoms with Gasteiger partial charge in [-0.25, -0.2) is 9.37 Å². The molecule has 0 saturated carbocycles. The second-order valence-corrected chi connectivity index (χ2v) is 7.16. The molecule has 1 aliphatic heterocycles. The number of pyridine rings is 1. The zero-order valence-electron chi connectivity index (χ0n) is 16.3. The van der Waals surface area contributed by atoms with Crippen LogP contribution in [0.3, 0.4) is 0 Å². The van der Waals surface area contributed by atoms with E-state index in [2.05, 4.69) is 46.4 Å². The molecule has 1 N–H and O–H groups in total. The standard InChI is InChI=1S/C23H23FN4O/c1-17-5-4-6-19(15-17)27-11-13-28(14-12-27)23(29)22-10-9-18(16-25-22)26-21-8-3-2-7-20(21)24/h2-10,15-16,26H,11-14H2,1H3. The summed E-state index contributed by atoms with van der Waals surface area (Å²) < 4.78 is 13.8. The van der Waals surface area contributed by atoms with E-state index in [1.54, 1.807) is 36.5 Å². The van der Waals surface area contributed by atoms with Gasteiger partial charge in [0.15, 0.2) is 0 Å². The number of aromatic nitrogens is 1. The number of anilines is 3. The van der Waals surface area contributed by atoms with Crippen LogP contribution in [0.5, 0.6) is 0 Å². The topological polar surface area (TPSA) is 48.5 Å². The van der Waals surface area contributed by atoms with Gasteiger partial charge in [0.1, 0.15) is 11.5 Å². The number of nitrogens with zero attached hydrogens (tertiary/aromatic N) is 3. The van der Waals surface area contributed by atoms with Crippen LogP contribution in [0.25, 0.3) is 0 Å². The van der Waals surface area contributed by atoms with Crippen molar-refractivity contribution in [2.75, 3.05) is 36.4 Å². The van der Waals surface area contributed by atoms with Crippen molar-refractivity contribution >= 4 is 23.0 Å². The Labute approximate surface area is 169 Å². The van der Waals surface area contributed by atoms with Gasteiger partial charge in [-0.3, -0.25) is 4.79 Å². The van der Waals surface area contributed by atoms with E-state index in [1.807, 2.05) is 4.90 Å². The predicted octanol–water partition coefficient (Wildman–Crippen LogP) is 4.24. The van der Waals surface area contributed by atoms with Gasteiger partial charge >= 0.3 is 0 Å². The lowest BCUT2D eigenvalue weighted by Gasteiger charge is -2.36. The van der Waals surface area contributed by atoms with Crippen LogP contribution >= 0.6 is 0 Å². The number of amides is 1. The second-order valence-electron chi connectivity index (χ2n) is 7.16. The third kappa shape index (κ3) is 4.37. The lowest BCUT2D eigenvalue weighted by Crippen LogP contribution is -2.49. The first-order valence-corrected chi connectivity index (χ1v) is 9.69. The maximum atomic E-state index is 13.8. The normalized spacial score (nSPS) is 14.0. The first kappa shape index (κ1) is 18.9. The van der Waals surface area contributed by atoms with Crippen molar-refractivity contribution in [3.63, 3.8) is 0 Å². The van der Waals surface area contributed by atoms with Crippen molar-refractivity contribution in [2.45, 2.75) is 6.92 Å². The molecule has 2 heterocycles. The average Bonchev–Trinajstić information content (AvgIpc) is 2.75. The third-order valence-corrected chi connectivity index (χ3v) is 5.07. The van der Waals surface area contributed by atoms with Gasteiger partial charge in [0.25, 0.3) is 5.91 Å². The Hall–Kier alpha value is -3.41. The highest BCUT2D eigenvalue weighted by molar-refractivity contribution is 5.92. The van der Waals surface area contributed by atoms with Gasteiger partial charge in [0.05, 0.1) is 17.6 Å². The number of aryl methyl sites for hydroxylation is 1. The van der Waals surface area contributed by atoms with E-state index in [0.29, 0.717) is 30.2 Å². The molecule has 29 heavy (non-hydrogen) atoms. The van der Waals surface area contributed by atoms with Crippen LogP contribution in [-0.4, -0.2) is 42.0 Å². The summed E-state index contributed by atoms with van der Waals surface area (Å²) in [6.45, 7) is 4.98. The molecule has 0 spiro atoms. The Morgan fingerprint density at radius 2 is 1.79 bits per heavy atom. The van der Waals surface area contributed by atoms with E-state index in [-0.39, 0.29) is 11.7 Å². The Balaban J connectivity index is 1.37. The minimum absolute atomic E-state index is 0.0775. The quantitative estimate of drug-likeness (QED) is 0.724. The first-order chi connectivity index (χ1) is 14.1. The number of nitrogens with one attached hydrogen (secondary N) is 1. The average molecular weight is 390 g/mol. The third-order valence-electron chi connectivity index (χ3n) is 5.07. The highest BCUT2D eigenvalue weighted by atomic mass is 19.1. The van der Waals surface area contributed by atoms with Crippen LogP contribution in [0.4, 0.5) is 21.5 Å². The van der Waals surface area contributed by atoms with Crippen LogP contribution in [0.15, 0.2) is 66.9 Å². The zero-order chi connectivity index (χ0) is 20.2. The molecule has 4 rings (SSSR count). The Morgan fingerprint density at radius 3 is 2.48 bits per heavy atom. The minimum Gasteiger partial charge on any atom is -0.368 e. The van der Waals surface area contributed by atoms with E-state index in [4.69, 9.17) is 0 Å². The molecular weight excluding hydrogens is 367 g/mol. The summed E-state index contributed by atoms with van der Waals surface area (Å²) in [7, 11) is 0. The van der Waals surface area contributed by atoms with E-state index >= 15 is 0 Å². The molecule has 0 unspecified atom stereocenters. The number of carbonyl (C=O) groups is 1. The molecule has 1 fully saturated rings. The number of para-hydroxylation sites is 1. The van der Waals surface area contributed by atoms with E-state index in [0.717, 1.165) is 13.1 Å². The summed E-state index contributed by atoms with van der Waals surface area (Å²) in [6.07, 6.45) is 1.56. The van der Waals surface area contributed by atoms with Crippen molar-refractivity contribution in [1.29, 1.82) is 0 Å². The second kappa shape index (κ2) is 8.31. The van der Waals surface area contributed by atoms with Crippen LogP contribution in [0.2, 0.25) is 0 Å². The van der Waals surface area contributed by atoms with E-state index in [9.17, 15) is 9.18 Å². The van der Waals surface area contributed by atoms with Gasteiger partial charge in [-0.15, -0.1) is 0 Å². The molecule has 0 bridgehead atoms. The molecule has 1 aromatic heterocycles. The lowest BCUT2D eigenvalue weighted by atomic mass is 10.2. The van der Waals surface area contributed by atoms with Crippen molar-refractivity contribution < 1.29 is 9.18 Å². The molecule has 0 atom stereocenters.